The molecule has 0 spiro atoms. The fourth-order valence-electron chi connectivity index (χ4n) is 4.83. The number of benzene rings is 1. The molecule has 1 aromatic carbocycles. The highest BCUT2D eigenvalue weighted by atomic mass is 35.5. The van der Waals surface area contributed by atoms with Crippen LogP contribution < -0.4 is 4.90 Å². The zero-order valence-corrected chi connectivity index (χ0v) is 20.6. The second kappa shape index (κ2) is 9.50. The smallest absolute Gasteiger partial charge is 0.305 e. The van der Waals surface area contributed by atoms with Crippen LogP contribution in [0.2, 0.25) is 5.02 Å². The van der Waals surface area contributed by atoms with Crippen molar-refractivity contribution in [3.63, 3.8) is 0 Å². The molecule has 1 fully saturated rings. The third-order valence-electron chi connectivity index (χ3n) is 6.74. The molecule has 3 heterocycles. The number of esters is 1. The molecule has 1 amide bonds. The van der Waals surface area contributed by atoms with Crippen LogP contribution >= 0.6 is 11.6 Å². The lowest BCUT2D eigenvalue weighted by Crippen LogP contribution is -2.48. The number of methoxy groups -OCH3 is 2. The number of nitrogens with zero attached hydrogens (tertiary/aromatic N) is 3. The highest BCUT2D eigenvalue weighted by Crippen LogP contribution is 2.43. The second-order valence-electron chi connectivity index (χ2n) is 9.49. The fraction of sp³-hybridized carbons (Fsp3) is 0.480. The van der Waals surface area contributed by atoms with Crippen LogP contribution in [-0.4, -0.2) is 61.7 Å². The van der Waals surface area contributed by atoms with Gasteiger partial charge in [0.15, 0.2) is 0 Å². The minimum atomic E-state index is -0.478. The van der Waals surface area contributed by atoms with Gasteiger partial charge < -0.3 is 19.3 Å². The number of carbonyl (C=O) groups excluding carboxylic acids is 2. The third-order valence-corrected chi connectivity index (χ3v) is 7.04. The van der Waals surface area contributed by atoms with Crippen LogP contribution in [0.1, 0.15) is 42.9 Å². The lowest BCUT2D eigenvalue weighted by Gasteiger charge is -2.37. The molecule has 34 heavy (non-hydrogen) atoms. The van der Waals surface area contributed by atoms with E-state index in [2.05, 4.69) is 13.8 Å². The van der Waals surface area contributed by atoms with E-state index < -0.39 is 5.82 Å². The van der Waals surface area contributed by atoms with E-state index >= 15 is 0 Å². The maximum absolute atomic E-state index is 14.1. The van der Waals surface area contributed by atoms with Crippen molar-refractivity contribution in [1.82, 2.24) is 9.88 Å². The number of fused-ring (bicyclic) bond motifs is 1. The SMILES string of the molecule is COC(=O)C[C@H]1CCN(C(=O)c2ccc3c(n2)C(C)(C)CN3c2ccc(Cl)c(F)c2)C[C@@H]1OC. The summed E-state index contributed by atoms with van der Waals surface area (Å²) in [4.78, 5) is 33.5. The predicted octanol–water partition coefficient (Wildman–Crippen LogP) is 4.34. The first-order valence-electron chi connectivity index (χ1n) is 11.3. The molecule has 182 valence electrons. The van der Waals surface area contributed by atoms with E-state index in [4.69, 9.17) is 26.1 Å². The van der Waals surface area contributed by atoms with Crippen LogP contribution in [0.25, 0.3) is 0 Å². The summed E-state index contributed by atoms with van der Waals surface area (Å²) < 4.78 is 24.5. The molecule has 1 saturated heterocycles. The maximum atomic E-state index is 14.1. The van der Waals surface area contributed by atoms with Gasteiger partial charge in [-0.2, -0.15) is 0 Å². The third kappa shape index (κ3) is 4.61. The summed E-state index contributed by atoms with van der Waals surface area (Å²) >= 11 is 5.86. The van der Waals surface area contributed by atoms with Crippen molar-refractivity contribution < 1.29 is 23.5 Å². The molecular formula is C25H29ClFN3O4. The van der Waals surface area contributed by atoms with Crippen molar-refractivity contribution in [2.45, 2.75) is 38.2 Å². The highest BCUT2D eigenvalue weighted by molar-refractivity contribution is 6.30. The Hall–Kier alpha value is -2.71. The second-order valence-corrected chi connectivity index (χ2v) is 9.89. The first kappa shape index (κ1) is 24.4. The molecule has 1 aromatic heterocycles. The lowest BCUT2D eigenvalue weighted by molar-refractivity contribution is -0.143. The number of hydrogen-bond donors (Lipinski definition) is 0. The van der Waals surface area contributed by atoms with Gasteiger partial charge in [-0.05, 0) is 42.7 Å². The average Bonchev–Trinajstić information content (AvgIpc) is 3.10. The van der Waals surface area contributed by atoms with Gasteiger partial charge in [0.1, 0.15) is 11.5 Å². The van der Waals surface area contributed by atoms with E-state index in [0.717, 1.165) is 11.4 Å². The average molecular weight is 490 g/mol. The predicted molar refractivity (Wildman–Crippen MR) is 127 cm³/mol. The van der Waals surface area contributed by atoms with E-state index in [1.165, 1.54) is 13.2 Å². The summed E-state index contributed by atoms with van der Waals surface area (Å²) in [6.45, 7) is 5.60. The Labute approximate surface area is 203 Å². The number of likely N-dealkylation sites (tertiary alicyclic amines) is 1. The molecule has 2 aliphatic heterocycles. The molecule has 0 N–H and O–H groups in total. The fourth-order valence-corrected chi connectivity index (χ4v) is 4.95. The van der Waals surface area contributed by atoms with Crippen molar-refractivity contribution in [3.05, 3.63) is 52.6 Å². The molecule has 4 rings (SSSR count). The van der Waals surface area contributed by atoms with Crippen molar-refractivity contribution in [2.24, 2.45) is 5.92 Å². The van der Waals surface area contributed by atoms with Gasteiger partial charge in [-0.1, -0.05) is 25.4 Å². The Morgan fingerprint density at radius 2 is 2.00 bits per heavy atom. The standard InChI is InChI=1S/C25H29ClFN3O4/c1-25(2)14-30(16-5-6-17(26)18(27)12-16)20-8-7-19(28-23(20)25)24(32)29-10-9-15(11-22(31)34-4)21(13-29)33-3/h5-8,12,15,21H,9-11,13-14H2,1-4H3/t15-,21+/m1/s1. The molecule has 2 aromatic rings. The number of ether oxygens (including phenoxy) is 2. The van der Waals surface area contributed by atoms with Gasteiger partial charge in [-0.3, -0.25) is 9.59 Å². The van der Waals surface area contributed by atoms with Gasteiger partial charge in [0.25, 0.3) is 5.91 Å². The van der Waals surface area contributed by atoms with Crippen LogP contribution in [-0.2, 0) is 19.7 Å². The quantitative estimate of drug-likeness (QED) is 0.582. The highest BCUT2D eigenvalue weighted by Gasteiger charge is 2.39. The van der Waals surface area contributed by atoms with Crippen LogP contribution in [0.4, 0.5) is 15.8 Å². The monoisotopic (exact) mass is 489 g/mol. The Kier molecular flexibility index (Phi) is 6.82. The van der Waals surface area contributed by atoms with E-state index in [1.807, 2.05) is 11.0 Å². The molecule has 7 nitrogen and oxygen atoms in total. The van der Waals surface area contributed by atoms with Gasteiger partial charge in [0.05, 0.1) is 36.0 Å². The zero-order valence-electron chi connectivity index (χ0n) is 19.8. The Bertz CT molecular complexity index is 1110. The van der Waals surface area contributed by atoms with Crippen LogP contribution in [0.3, 0.4) is 0 Å². The summed E-state index contributed by atoms with van der Waals surface area (Å²) in [5, 5.41) is 0.0752. The normalized spacial score (nSPS) is 21.4. The van der Waals surface area contributed by atoms with Crippen molar-refractivity contribution in [3.8, 4) is 0 Å². The molecular weight excluding hydrogens is 461 g/mol. The van der Waals surface area contributed by atoms with Gasteiger partial charge >= 0.3 is 5.97 Å². The zero-order chi connectivity index (χ0) is 24.6. The minimum absolute atomic E-state index is 0.00161. The number of halogens is 2. The summed E-state index contributed by atoms with van der Waals surface area (Å²) in [5.41, 5.74) is 2.33. The number of piperidine rings is 1. The summed E-state index contributed by atoms with van der Waals surface area (Å²) in [6.07, 6.45) is 0.660. The minimum Gasteiger partial charge on any atom is -0.469 e. The van der Waals surface area contributed by atoms with Gasteiger partial charge in [-0.15, -0.1) is 0 Å². The van der Waals surface area contributed by atoms with Crippen molar-refractivity contribution in [1.29, 1.82) is 0 Å². The summed E-state index contributed by atoms with van der Waals surface area (Å²) in [7, 11) is 2.96. The molecule has 0 radical (unpaired) electrons. The summed E-state index contributed by atoms with van der Waals surface area (Å²) in [6, 6.07) is 8.31. The number of hydrogen-bond acceptors (Lipinski definition) is 6. The number of pyridine rings is 1. The number of aromatic nitrogens is 1. The number of anilines is 2. The first-order chi connectivity index (χ1) is 16.1. The summed E-state index contributed by atoms with van der Waals surface area (Å²) in [5.74, 6) is -0.928. The van der Waals surface area contributed by atoms with E-state index in [-0.39, 0.29) is 40.8 Å². The van der Waals surface area contributed by atoms with Gasteiger partial charge in [0.2, 0.25) is 0 Å². The van der Waals surface area contributed by atoms with Crippen LogP contribution in [0, 0.1) is 11.7 Å². The Balaban J connectivity index is 1.56. The van der Waals surface area contributed by atoms with Crippen molar-refractivity contribution >= 4 is 34.9 Å². The number of rotatable bonds is 5. The van der Waals surface area contributed by atoms with E-state index in [1.54, 1.807) is 30.2 Å². The maximum Gasteiger partial charge on any atom is 0.305 e. The number of amides is 1. The molecule has 0 unspecified atom stereocenters. The topological polar surface area (TPSA) is 72.0 Å². The number of carbonyl (C=O) groups is 2. The van der Waals surface area contributed by atoms with Crippen LogP contribution in [0.15, 0.2) is 30.3 Å². The molecule has 9 heteroatoms. The molecule has 0 saturated carbocycles. The Morgan fingerprint density at radius 1 is 1.24 bits per heavy atom. The van der Waals surface area contributed by atoms with Crippen molar-refractivity contribution in [2.75, 3.05) is 38.8 Å². The molecule has 0 bridgehead atoms. The van der Waals surface area contributed by atoms with E-state index in [9.17, 15) is 14.0 Å². The Morgan fingerprint density at radius 3 is 2.68 bits per heavy atom. The van der Waals surface area contributed by atoms with Gasteiger partial charge in [-0.25, -0.2) is 9.37 Å². The lowest BCUT2D eigenvalue weighted by atomic mass is 9.90. The van der Waals surface area contributed by atoms with E-state index in [0.29, 0.717) is 37.4 Å². The first-order valence-corrected chi connectivity index (χ1v) is 11.7. The molecule has 0 aliphatic carbocycles. The van der Waals surface area contributed by atoms with Gasteiger partial charge in [0, 0.05) is 37.8 Å². The molecule has 2 aliphatic rings. The molecule has 2 atom stereocenters. The largest absolute Gasteiger partial charge is 0.469 e. The van der Waals surface area contributed by atoms with Crippen LogP contribution in [0.5, 0.6) is 0 Å².